The molecular weight excluding hydrogens is 382 g/mol. The number of ether oxygens (including phenoxy) is 2. The quantitative estimate of drug-likeness (QED) is 0.617. The van der Waals surface area contributed by atoms with Crippen molar-refractivity contribution in [3.63, 3.8) is 0 Å². The summed E-state index contributed by atoms with van der Waals surface area (Å²) in [7, 11) is 3.01. The first-order valence-electron chi connectivity index (χ1n) is 8.87. The standard InChI is InChI=1S/C21H20F2N2O4/c1-28-10-9-24-21(27)15-12-25(11-13-3-5-14(29-2)6-4-13)19-17(23)8-7-16(22)18(19)20(15)26/h3-8,12H,9-11H2,1-2H3,(H,24,27). The molecule has 152 valence electrons. The van der Waals surface area contributed by atoms with Crippen LogP contribution in [0.3, 0.4) is 0 Å². The third kappa shape index (κ3) is 4.27. The van der Waals surface area contributed by atoms with Gasteiger partial charge in [-0.1, -0.05) is 12.1 Å². The SMILES string of the molecule is COCCNC(=O)c1cn(Cc2ccc(OC)cc2)c2c(F)ccc(F)c2c1=O. The van der Waals surface area contributed by atoms with Gasteiger partial charge in [-0.25, -0.2) is 8.78 Å². The second kappa shape index (κ2) is 8.83. The number of benzene rings is 2. The number of nitrogens with zero attached hydrogens (tertiary/aromatic N) is 1. The summed E-state index contributed by atoms with van der Waals surface area (Å²) < 4.78 is 40.3. The van der Waals surface area contributed by atoms with E-state index in [1.165, 1.54) is 25.0 Å². The van der Waals surface area contributed by atoms with Gasteiger partial charge in [0.05, 0.1) is 24.6 Å². The molecule has 0 atom stereocenters. The Bertz CT molecular complexity index is 1090. The molecule has 1 aromatic heterocycles. The van der Waals surface area contributed by atoms with Gasteiger partial charge in [-0.15, -0.1) is 0 Å². The molecule has 1 heterocycles. The zero-order valence-corrected chi connectivity index (χ0v) is 16.0. The van der Waals surface area contributed by atoms with Crippen LogP contribution >= 0.6 is 0 Å². The summed E-state index contributed by atoms with van der Waals surface area (Å²) in [5, 5.41) is 2.08. The topological polar surface area (TPSA) is 69.6 Å². The van der Waals surface area contributed by atoms with Crippen LogP contribution in [0.1, 0.15) is 15.9 Å². The summed E-state index contributed by atoms with van der Waals surface area (Å²) in [5.74, 6) is -1.67. The number of halogens is 2. The lowest BCUT2D eigenvalue weighted by Crippen LogP contribution is -2.32. The van der Waals surface area contributed by atoms with Gasteiger partial charge in [0.1, 0.15) is 22.9 Å². The maximum Gasteiger partial charge on any atom is 0.256 e. The molecule has 1 amide bonds. The van der Waals surface area contributed by atoms with Gasteiger partial charge in [0.15, 0.2) is 0 Å². The van der Waals surface area contributed by atoms with Gasteiger partial charge in [0, 0.05) is 26.4 Å². The fourth-order valence-corrected chi connectivity index (χ4v) is 3.03. The van der Waals surface area contributed by atoms with E-state index in [2.05, 4.69) is 5.32 Å². The second-order valence-corrected chi connectivity index (χ2v) is 6.35. The molecule has 0 aliphatic rings. The molecular formula is C21H20F2N2O4. The van der Waals surface area contributed by atoms with Crippen molar-refractivity contribution < 1.29 is 23.0 Å². The highest BCUT2D eigenvalue weighted by molar-refractivity contribution is 5.97. The number of aromatic nitrogens is 1. The fraction of sp³-hybridized carbons (Fsp3) is 0.238. The molecule has 1 N–H and O–H groups in total. The van der Waals surface area contributed by atoms with E-state index in [0.717, 1.165) is 17.7 Å². The molecule has 2 aromatic carbocycles. The van der Waals surface area contributed by atoms with Crippen LogP contribution in [0.15, 0.2) is 47.4 Å². The average Bonchev–Trinajstić information content (AvgIpc) is 2.72. The summed E-state index contributed by atoms with van der Waals surface area (Å²) in [6.45, 7) is 0.554. The van der Waals surface area contributed by atoms with Crippen molar-refractivity contribution in [3.8, 4) is 5.75 Å². The van der Waals surface area contributed by atoms with Crippen LogP contribution in [0, 0.1) is 11.6 Å². The van der Waals surface area contributed by atoms with Gasteiger partial charge in [-0.3, -0.25) is 9.59 Å². The largest absolute Gasteiger partial charge is 0.497 e. The first kappa shape index (κ1) is 20.5. The number of fused-ring (bicyclic) bond motifs is 1. The number of methoxy groups -OCH3 is 2. The third-order valence-corrected chi connectivity index (χ3v) is 4.47. The van der Waals surface area contributed by atoms with Crippen molar-refractivity contribution >= 4 is 16.8 Å². The molecule has 0 unspecified atom stereocenters. The summed E-state index contributed by atoms with van der Waals surface area (Å²) in [5.41, 5.74) is -0.575. The molecule has 0 aliphatic heterocycles. The first-order chi connectivity index (χ1) is 14.0. The Balaban J connectivity index is 2.13. The van der Waals surface area contributed by atoms with E-state index in [9.17, 15) is 18.4 Å². The highest BCUT2D eigenvalue weighted by atomic mass is 19.1. The van der Waals surface area contributed by atoms with E-state index < -0.39 is 28.4 Å². The predicted octanol–water partition coefficient (Wildman–Crippen LogP) is 2.71. The molecule has 29 heavy (non-hydrogen) atoms. The number of pyridine rings is 1. The molecule has 3 aromatic rings. The van der Waals surface area contributed by atoms with E-state index in [-0.39, 0.29) is 30.8 Å². The van der Waals surface area contributed by atoms with Gasteiger partial charge in [-0.2, -0.15) is 0 Å². The van der Waals surface area contributed by atoms with Gasteiger partial charge < -0.3 is 19.4 Å². The maximum atomic E-state index is 14.5. The Morgan fingerprint density at radius 3 is 2.41 bits per heavy atom. The maximum absolute atomic E-state index is 14.5. The summed E-state index contributed by atoms with van der Waals surface area (Å²) in [6.07, 6.45) is 1.25. The van der Waals surface area contributed by atoms with Crippen LogP contribution in [0.2, 0.25) is 0 Å². The summed E-state index contributed by atoms with van der Waals surface area (Å²) >= 11 is 0. The van der Waals surface area contributed by atoms with Gasteiger partial charge in [-0.05, 0) is 29.8 Å². The highest BCUT2D eigenvalue weighted by Crippen LogP contribution is 2.21. The van der Waals surface area contributed by atoms with Gasteiger partial charge >= 0.3 is 0 Å². The van der Waals surface area contributed by atoms with Crippen molar-refractivity contribution in [2.75, 3.05) is 27.4 Å². The van der Waals surface area contributed by atoms with Crippen LogP contribution in [0.4, 0.5) is 8.78 Å². The van der Waals surface area contributed by atoms with Crippen molar-refractivity contribution in [1.29, 1.82) is 0 Å². The molecule has 8 heteroatoms. The van der Waals surface area contributed by atoms with Crippen LogP contribution < -0.4 is 15.5 Å². The predicted molar refractivity (Wildman–Crippen MR) is 104 cm³/mol. The van der Waals surface area contributed by atoms with Crippen LogP contribution in [0.5, 0.6) is 5.75 Å². The van der Waals surface area contributed by atoms with Crippen LogP contribution in [-0.4, -0.2) is 37.8 Å². The first-order valence-corrected chi connectivity index (χ1v) is 8.87. The smallest absolute Gasteiger partial charge is 0.256 e. The normalized spacial score (nSPS) is 10.9. The lowest BCUT2D eigenvalue weighted by Gasteiger charge is -2.15. The lowest BCUT2D eigenvalue weighted by molar-refractivity contribution is 0.0935. The van der Waals surface area contributed by atoms with Crippen molar-refractivity contribution in [1.82, 2.24) is 9.88 Å². The number of rotatable bonds is 7. The molecule has 0 spiro atoms. The number of nitrogens with one attached hydrogen (secondary N) is 1. The molecule has 0 aliphatic carbocycles. The number of hydrogen-bond acceptors (Lipinski definition) is 4. The van der Waals surface area contributed by atoms with Gasteiger partial charge in [0.25, 0.3) is 5.91 Å². The monoisotopic (exact) mass is 402 g/mol. The number of amides is 1. The van der Waals surface area contributed by atoms with Crippen molar-refractivity contribution in [2.24, 2.45) is 0 Å². The van der Waals surface area contributed by atoms with Gasteiger partial charge in [0.2, 0.25) is 5.43 Å². The second-order valence-electron chi connectivity index (χ2n) is 6.35. The number of hydrogen-bond donors (Lipinski definition) is 1. The fourth-order valence-electron chi connectivity index (χ4n) is 3.03. The van der Waals surface area contributed by atoms with Crippen LogP contribution in [0.25, 0.3) is 10.9 Å². The van der Waals surface area contributed by atoms with E-state index in [1.807, 2.05) is 0 Å². The molecule has 0 saturated heterocycles. The molecule has 3 rings (SSSR count). The van der Waals surface area contributed by atoms with E-state index in [4.69, 9.17) is 9.47 Å². The Kier molecular flexibility index (Phi) is 6.23. The summed E-state index contributed by atoms with van der Waals surface area (Å²) in [4.78, 5) is 25.2. The molecule has 0 fully saturated rings. The van der Waals surface area contributed by atoms with E-state index >= 15 is 0 Å². The Hall–Kier alpha value is -3.26. The average molecular weight is 402 g/mol. The van der Waals surface area contributed by atoms with Crippen molar-refractivity contribution in [2.45, 2.75) is 6.54 Å². The number of carbonyl (C=O) groups excluding carboxylic acids is 1. The molecule has 0 bridgehead atoms. The molecule has 6 nitrogen and oxygen atoms in total. The van der Waals surface area contributed by atoms with E-state index in [0.29, 0.717) is 5.75 Å². The molecule has 0 radical (unpaired) electrons. The van der Waals surface area contributed by atoms with E-state index in [1.54, 1.807) is 24.3 Å². The Morgan fingerprint density at radius 1 is 1.07 bits per heavy atom. The third-order valence-electron chi connectivity index (χ3n) is 4.47. The minimum Gasteiger partial charge on any atom is -0.497 e. The summed E-state index contributed by atoms with van der Waals surface area (Å²) in [6, 6.07) is 8.82. The Labute approximate surface area is 165 Å². The minimum absolute atomic E-state index is 0.125. The Morgan fingerprint density at radius 2 is 1.76 bits per heavy atom. The lowest BCUT2D eigenvalue weighted by atomic mass is 10.1. The minimum atomic E-state index is -0.888. The highest BCUT2D eigenvalue weighted by Gasteiger charge is 2.20. The van der Waals surface area contributed by atoms with Crippen LogP contribution in [-0.2, 0) is 11.3 Å². The number of carbonyl (C=O) groups is 1. The zero-order chi connectivity index (χ0) is 21.0. The van der Waals surface area contributed by atoms with Crippen molar-refractivity contribution in [3.05, 3.63) is 75.6 Å². The molecule has 0 saturated carbocycles. The zero-order valence-electron chi connectivity index (χ0n) is 16.0.